The number of sulfonamides is 1. The van der Waals surface area contributed by atoms with Crippen molar-refractivity contribution >= 4 is 48.9 Å². The molecule has 188 valence electrons. The number of methoxy groups -OCH3 is 2. The Morgan fingerprint density at radius 2 is 1.69 bits per heavy atom. The summed E-state index contributed by atoms with van der Waals surface area (Å²) >= 11 is 1.07. The van der Waals surface area contributed by atoms with Crippen molar-refractivity contribution in [2.24, 2.45) is 7.05 Å². The van der Waals surface area contributed by atoms with Crippen LogP contribution in [0, 0.1) is 6.92 Å². The first-order valence-electron chi connectivity index (χ1n) is 10.8. The molecule has 9 nitrogen and oxygen atoms in total. The predicted octanol–water partition coefficient (Wildman–Crippen LogP) is 3.76. The summed E-state index contributed by atoms with van der Waals surface area (Å²) < 4.78 is 41.2. The van der Waals surface area contributed by atoms with E-state index in [1.54, 1.807) is 49.5 Å². The maximum absolute atomic E-state index is 13.7. The van der Waals surface area contributed by atoms with Crippen molar-refractivity contribution in [2.45, 2.75) is 11.8 Å². The van der Waals surface area contributed by atoms with E-state index in [0.717, 1.165) is 26.7 Å². The van der Waals surface area contributed by atoms with Crippen LogP contribution in [0.3, 0.4) is 0 Å². The lowest BCUT2D eigenvalue weighted by Crippen LogP contribution is -2.38. The molecule has 0 bridgehead atoms. The molecule has 0 aliphatic carbocycles. The third-order valence-corrected chi connectivity index (χ3v) is 8.39. The van der Waals surface area contributed by atoms with E-state index in [0.29, 0.717) is 21.8 Å². The van der Waals surface area contributed by atoms with E-state index in [-0.39, 0.29) is 15.5 Å². The van der Waals surface area contributed by atoms with Crippen LogP contribution in [-0.2, 0) is 21.9 Å². The van der Waals surface area contributed by atoms with Gasteiger partial charge in [-0.3, -0.25) is 13.9 Å². The average Bonchev–Trinajstić information content (AvgIpc) is 3.15. The average molecular weight is 528 g/mol. The van der Waals surface area contributed by atoms with Gasteiger partial charge in [-0.25, -0.2) is 8.42 Å². The highest BCUT2D eigenvalue weighted by Crippen LogP contribution is 2.32. The van der Waals surface area contributed by atoms with Crippen molar-refractivity contribution in [1.82, 2.24) is 4.57 Å². The van der Waals surface area contributed by atoms with E-state index in [2.05, 4.69) is 5.32 Å². The molecule has 0 fully saturated rings. The summed E-state index contributed by atoms with van der Waals surface area (Å²) in [5.74, 6) is 0.0963. The van der Waals surface area contributed by atoms with Crippen LogP contribution in [0.4, 0.5) is 11.4 Å². The monoisotopic (exact) mass is 527 g/mol. The molecule has 1 heterocycles. The van der Waals surface area contributed by atoms with Gasteiger partial charge in [0.25, 0.3) is 10.0 Å². The molecule has 0 radical (unpaired) electrons. The maximum atomic E-state index is 13.7. The fourth-order valence-electron chi connectivity index (χ4n) is 3.67. The van der Waals surface area contributed by atoms with Crippen molar-refractivity contribution in [3.8, 4) is 11.5 Å². The van der Waals surface area contributed by atoms with Gasteiger partial charge in [-0.15, -0.1) is 0 Å². The van der Waals surface area contributed by atoms with Gasteiger partial charge in [0.15, 0.2) is 11.5 Å². The molecule has 0 spiro atoms. The lowest BCUT2D eigenvalue weighted by molar-refractivity contribution is -0.114. The van der Waals surface area contributed by atoms with Gasteiger partial charge in [-0.2, -0.15) is 0 Å². The largest absolute Gasteiger partial charge is 0.493 e. The maximum Gasteiger partial charge on any atom is 0.307 e. The number of amides is 1. The second-order valence-electron chi connectivity index (χ2n) is 8.02. The number of ether oxygens (including phenoxy) is 2. The molecule has 0 atom stereocenters. The van der Waals surface area contributed by atoms with Crippen LogP contribution in [0.15, 0.2) is 70.4 Å². The highest BCUT2D eigenvalue weighted by Gasteiger charge is 2.28. The molecule has 1 amide bonds. The fourth-order valence-corrected chi connectivity index (χ4v) is 6.03. The van der Waals surface area contributed by atoms with Crippen molar-refractivity contribution in [3.63, 3.8) is 0 Å². The number of hydrogen-bond acceptors (Lipinski definition) is 7. The summed E-state index contributed by atoms with van der Waals surface area (Å²) in [6.07, 6.45) is 0. The number of nitrogens with zero attached hydrogens (tertiary/aromatic N) is 2. The summed E-state index contributed by atoms with van der Waals surface area (Å²) in [7, 11) is 0.399. The van der Waals surface area contributed by atoms with Crippen LogP contribution in [0.25, 0.3) is 10.2 Å². The van der Waals surface area contributed by atoms with E-state index < -0.39 is 22.5 Å². The Balaban J connectivity index is 1.67. The second kappa shape index (κ2) is 10.0. The van der Waals surface area contributed by atoms with Gasteiger partial charge in [0.1, 0.15) is 6.54 Å². The molecule has 0 aliphatic heterocycles. The molecule has 0 saturated heterocycles. The Kier molecular flexibility index (Phi) is 7.04. The first kappa shape index (κ1) is 25.3. The second-order valence-corrected chi connectivity index (χ2v) is 10.9. The summed E-state index contributed by atoms with van der Waals surface area (Å²) in [6, 6.07) is 16.2. The molecule has 36 heavy (non-hydrogen) atoms. The van der Waals surface area contributed by atoms with Crippen LogP contribution in [0.2, 0.25) is 0 Å². The molecule has 1 aromatic heterocycles. The number of fused-ring (bicyclic) bond motifs is 1. The quantitative estimate of drug-likeness (QED) is 0.374. The number of hydrogen-bond donors (Lipinski definition) is 1. The van der Waals surface area contributed by atoms with Crippen molar-refractivity contribution in [1.29, 1.82) is 0 Å². The molecule has 4 rings (SSSR count). The van der Waals surface area contributed by atoms with E-state index in [4.69, 9.17) is 9.47 Å². The van der Waals surface area contributed by atoms with Crippen molar-refractivity contribution < 1.29 is 22.7 Å². The minimum Gasteiger partial charge on any atom is -0.493 e. The van der Waals surface area contributed by atoms with Gasteiger partial charge in [0.05, 0.1) is 35.0 Å². The minimum absolute atomic E-state index is 0.0518. The number of thiazole rings is 1. The number of rotatable bonds is 8. The molecular weight excluding hydrogens is 502 g/mol. The first-order chi connectivity index (χ1) is 17.1. The van der Waals surface area contributed by atoms with Crippen molar-refractivity contribution in [3.05, 3.63) is 75.9 Å². The molecule has 0 saturated carbocycles. The third-order valence-electron chi connectivity index (χ3n) is 5.63. The Bertz CT molecular complexity index is 1590. The van der Waals surface area contributed by atoms with Crippen LogP contribution >= 0.6 is 11.3 Å². The van der Waals surface area contributed by atoms with Crippen molar-refractivity contribution in [2.75, 3.05) is 30.4 Å². The Labute approximate surface area is 212 Å². The standard InChI is InChI=1S/C25H25N3O6S2/c1-16-5-8-18(9-6-16)28(36(31,32)19-10-12-21(33-3)22(14-19)34-4)15-24(29)26-17-7-11-20-23(13-17)35-25(30)27(20)2/h5-14H,15H2,1-4H3,(H,26,29). The third kappa shape index (κ3) is 4.93. The van der Waals surface area contributed by atoms with Crippen LogP contribution in [0.5, 0.6) is 11.5 Å². The molecule has 0 unspecified atom stereocenters. The van der Waals surface area contributed by atoms with Gasteiger partial charge >= 0.3 is 4.87 Å². The topological polar surface area (TPSA) is 107 Å². The number of benzene rings is 3. The molecule has 1 N–H and O–H groups in total. The Hall–Kier alpha value is -3.83. The lowest BCUT2D eigenvalue weighted by Gasteiger charge is -2.24. The fraction of sp³-hybridized carbons (Fsp3) is 0.200. The van der Waals surface area contributed by atoms with Gasteiger partial charge in [-0.05, 0) is 49.4 Å². The van der Waals surface area contributed by atoms with E-state index in [1.165, 1.54) is 37.0 Å². The number of anilines is 2. The smallest absolute Gasteiger partial charge is 0.307 e. The van der Waals surface area contributed by atoms with E-state index >= 15 is 0 Å². The number of aryl methyl sites for hydroxylation is 2. The lowest BCUT2D eigenvalue weighted by atomic mass is 10.2. The number of aromatic nitrogens is 1. The van der Waals surface area contributed by atoms with Gasteiger partial charge in [0, 0.05) is 18.8 Å². The molecular formula is C25H25N3O6S2. The molecule has 11 heteroatoms. The predicted molar refractivity (Wildman–Crippen MR) is 141 cm³/mol. The highest BCUT2D eigenvalue weighted by atomic mass is 32.2. The minimum atomic E-state index is -4.15. The number of carbonyl (C=O) groups excluding carboxylic acids is 1. The molecule has 3 aromatic carbocycles. The normalized spacial score (nSPS) is 11.3. The SMILES string of the molecule is COc1ccc(S(=O)(=O)N(CC(=O)Nc2ccc3c(c2)sc(=O)n3C)c2ccc(C)cc2)cc1OC. The van der Waals surface area contributed by atoms with Crippen LogP contribution < -0.4 is 24.0 Å². The van der Waals surface area contributed by atoms with Gasteiger partial charge in [0.2, 0.25) is 5.91 Å². The summed E-state index contributed by atoms with van der Waals surface area (Å²) in [5, 5.41) is 2.74. The van der Waals surface area contributed by atoms with Gasteiger partial charge < -0.3 is 19.4 Å². The first-order valence-corrected chi connectivity index (χ1v) is 13.1. The van der Waals surface area contributed by atoms with E-state index in [1.807, 2.05) is 6.92 Å². The Morgan fingerprint density at radius 1 is 1.00 bits per heavy atom. The highest BCUT2D eigenvalue weighted by molar-refractivity contribution is 7.92. The number of carbonyl (C=O) groups is 1. The Morgan fingerprint density at radius 3 is 2.36 bits per heavy atom. The summed E-state index contributed by atoms with van der Waals surface area (Å²) in [6.45, 7) is 1.42. The summed E-state index contributed by atoms with van der Waals surface area (Å²) in [4.78, 5) is 24.8. The van der Waals surface area contributed by atoms with Crippen LogP contribution in [-0.4, -0.2) is 39.7 Å². The zero-order chi connectivity index (χ0) is 26.0. The van der Waals surface area contributed by atoms with E-state index in [9.17, 15) is 18.0 Å². The van der Waals surface area contributed by atoms with Crippen LogP contribution in [0.1, 0.15) is 5.56 Å². The zero-order valence-corrected chi connectivity index (χ0v) is 21.8. The molecule has 4 aromatic rings. The zero-order valence-electron chi connectivity index (χ0n) is 20.1. The molecule has 0 aliphatic rings. The summed E-state index contributed by atoms with van der Waals surface area (Å²) in [5.41, 5.74) is 2.49. The van der Waals surface area contributed by atoms with Gasteiger partial charge in [-0.1, -0.05) is 29.0 Å². The number of nitrogens with one attached hydrogen (secondary N) is 1.